The number of fused-ring (bicyclic) bond motifs is 9. The number of hydrogen-bond donors (Lipinski definition) is 0. The standard InChI is InChI=1S/C78H48N4/c79-49-64-45-58(57-20-12-18-55(43-57)50-31-33-52(34-32-50)59-40-42-73-70-28-8-7-26-68(70)69-27-9-11-30-72(69)75(73)47-59)39-41-65(64)60-21-14-23-63(46-60)78-81-76(53-15-2-1-3-16-53)80-77(82-78)54-37-35-51(36-38-54)56-19-13-22-61(44-56)74-48-62-17-4-5-24-66(62)67-25-6-10-29-71(67)74/h1-48H. The summed E-state index contributed by atoms with van der Waals surface area (Å²) in [6.07, 6.45) is 0. The van der Waals surface area contributed by atoms with E-state index < -0.39 is 0 Å². The molecule has 380 valence electrons. The molecule has 0 fully saturated rings. The molecule has 4 nitrogen and oxygen atoms in total. The highest BCUT2D eigenvalue weighted by molar-refractivity contribution is 6.25. The Labute approximate surface area is 475 Å². The number of aromatic nitrogens is 3. The molecule has 0 aliphatic rings. The summed E-state index contributed by atoms with van der Waals surface area (Å²) < 4.78 is 0. The largest absolute Gasteiger partial charge is 0.208 e. The minimum Gasteiger partial charge on any atom is -0.208 e. The van der Waals surface area contributed by atoms with Crippen molar-refractivity contribution in [1.82, 2.24) is 15.0 Å². The third kappa shape index (κ3) is 8.71. The molecule has 0 unspecified atom stereocenters. The van der Waals surface area contributed by atoms with Crippen LogP contribution in [0, 0.1) is 11.3 Å². The van der Waals surface area contributed by atoms with Gasteiger partial charge in [-0.3, -0.25) is 0 Å². The van der Waals surface area contributed by atoms with Crippen LogP contribution >= 0.6 is 0 Å². The molecule has 15 aromatic rings. The molecule has 0 radical (unpaired) electrons. The van der Waals surface area contributed by atoms with Crippen LogP contribution in [0.15, 0.2) is 291 Å². The summed E-state index contributed by atoms with van der Waals surface area (Å²) in [4.78, 5) is 15.3. The van der Waals surface area contributed by atoms with E-state index in [0.29, 0.717) is 23.0 Å². The first-order chi connectivity index (χ1) is 40.6. The fourth-order valence-corrected chi connectivity index (χ4v) is 12.0. The highest BCUT2D eigenvalue weighted by Gasteiger charge is 2.17. The van der Waals surface area contributed by atoms with Gasteiger partial charge < -0.3 is 0 Å². The van der Waals surface area contributed by atoms with Crippen LogP contribution in [0.1, 0.15) is 5.56 Å². The Hall–Kier alpha value is -11.1. The maximum absolute atomic E-state index is 10.7. The molecule has 0 aliphatic heterocycles. The van der Waals surface area contributed by atoms with E-state index in [1.54, 1.807) is 0 Å². The lowest BCUT2D eigenvalue weighted by Crippen LogP contribution is -2.00. The third-order valence-corrected chi connectivity index (χ3v) is 16.1. The fraction of sp³-hybridized carbons (Fsp3) is 0. The van der Waals surface area contributed by atoms with Crippen molar-refractivity contribution in [3.8, 4) is 107 Å². The number of benzene rings is 14. The number of nitriles is 1. The van der Waals surface area contributed by atoms with Gasteiger partial charge >= 0.3 is 0 Å². The molecule has 0 spiro atoms. The molecule has 1 heterocycles. The van der Waals surface area contributed by atoms with Crippen LogP contribution in [0.3, 0.4) is 0 Å². The van der Waals surface area contributed by atoms with Gasteiger partial charge in [-0.25, -0.2) is 15.0 Å². The van der Waals surface area contributed by atoms with Crippen molar-refractivity contribution in [1.29, 1.82) is 5.26 Å². The van der Waals surface area contributed by atoms with Crippen LogP contribution in [0.2, 0.25) is 0 Å². The quantitative estimate of drug-likeness (QED) is 0.135. The summed E-state index contributed by atoms with van der Waals surface area (Å²) in [5.41, 5.74) is 16.1. The Morgan fingerprint density at radius 2 is 0.561 bits per heavy atom. The highest BCUT2D eigenvalue weighted by Crippen LogP contribution is 2.40. The molecule has 0 saturated carbocycles. The van der Waals surface area contributed by atoms with Gasteiger partial charge in [0.15, 0.2) is 17.5 Å². The Kier molecular flexibility index (Phi) is 11.9. The summed E-state index contributed by atoms with van der Waals surface area (Å²) in [6, 6.07) is 105. The van der Waals surface area contributed by atoms with Gasteiger partial charge in [0.25, 0.3) is 0 Å². The number of hydrogen-bond acceptors (Lipinski definition) is 4. The maximum atomic E-state index is 10.7. The summed E-state index contributed by atoms with van der Waals surface area (Å²) >= 11 is 0. The maximum Gasteiger partial charge on any atom is 0.164 e. The molecular weight excluding hydrogens is 993 g/mol. The minimum atomic E-state index is 0.546. The predicted octanol–water partition coefficient (Wildman–Crippen LogP) is 20.5. The Bertz CT molecular complexity index is 5000. The van der Waals surface area contributed by atoms with Gasteiger partial charge in [0, 0.05) is 16.7 Å². The zero-order valence-electron chi connectivity index (χ0n) is 44.5. The first-order valence-electron chi connectivity index (χ1n) is 27.7. The molecule has 0 aliphatic carbocycles. The Balaban J connectivity index is 0.712. The monoisotopic (exact) mass is 1040 g/mol. The van der Waals surface area contributed by atoms with E-state index in [0.717, 1.165) is 61.2 Å². The lowest BCUT2D eigenvalue weighted by atomic mass is 9.91. The van der Waals surface area contributed by atoms with E-state index in [2.05, 4.69) is 243 Å². The van der Waals surface area contributed by atoms with Crippen molar-refractivity contribution in [3.05, 3.63) is 297 Å². The molecule has 0 N–H and O–H groups in total. The van der Waals surface area contributed by atoms with E-state index >= 15 is 0 Å². The molecule has 0 amide bonds. The summed E-state index contributed by atoms with van der Waals surface area (Å²) in [7, 11) is 0. The molecule has 1 aromatic heterocycles. The molecule has 14 aromatic carbocycles. The Morgan fingerprint density at radius 1 is 0.207 bits per heavy atom. The van der Waals surface area contributed by atoms with E-state index in [4.69, 9.17) is 15.0 Å². The lowest BCUT2D eigenvalue weighted by molar-refractivity contribution is 1.07. The van der Waals surface area contributed by atoms with Gasteiger partial charge in [-0.15, -0.1) is 0 Å². The second-order valence-corrected chi connectivity index (χ2v) is 21.0. The molecule has 82 heavy (non-hydrogen) atoms. The van der Waals surface area contributed by atoms with E-state index in [1.165, 1.54) is 76.1 Å². The molecule has 0 bridgehead atoms. The van der Waals surface area contributed by atoms with Crippen LogP contribution in [0.5, 0.6) is 0 Å². The average Bonchev–Trinajstić information content (AvgIpc) is 3.72. The second-order valence-electron chi connectivity index (χ2n) is 21.0. The minimum absolute atomic E-state index is 0.546. The molecular formula is C78H48N4. The first-order valence-corrected chi connectivity index (χ1v) is 27.7. The van der Waals surface area contributed by atoms with Crippen molar-refractivity contribution in [3.63, 3.8) is 0 Å². The number of nitrogens with zero attached hydrogens (tertiary/aromatic N) is 4. The zero-order chi connectivity index (χ0) is 54.5. The lowest BCUT2D eigenvalue weighted by Gasteiger charge is -2.13. The molecule has 15 rings (SSSR count). The van der Waals surface area contributed by atoms with E-state index in [-0.39, 0.29) is 0 Å². The topological polar surface area (TPSA) is 62.5 Å². The van der Waals surface area contributed by atoms with Crippen molar-refractivity contribution in [2.75, 3.05) is 0 Å². The van der Waals surface area contributed by atoms with Gasteiger partial charge in [-0.1, -0.05) is 255 Å². The highest BCUT2D eigenvalue weighted by atomic mass is 15.0. The van der Waals surface area contributed by atoms with Crippen molar-refractivity contribution < 1.29 is 0 Å². The Morgan fingerprint density at radius 3 is 1.16 bits per heavy atom. The van der Waals surface area contributed by atoms with Crippen molar-refractivity contribution in [2.24, 2.45) is 0 Å². The van der Waals surface area contributed by atoms with Crippen molar-refractivity contribution >= 4 is 53.9 Å². The van der Waals surface area contributed by atoms with E-state index in [9.17, 15) is 5.26 Å². The molecule has 0 atom stereocenters. The van der Waals surface area contributed by atoms with Crippen LogP contribution in [-0.4, -0.2) is 15.0 Å². The summed E-state index contributed by atoms with van der Waals surface area (Å²) in [5, 5.41) is 23.3. The third-order valence-electron chi connectivity index (χ3n) is 16.1. The summed E-state index contributed by atoms with van der Waals surface area (Å²) in [6.45, 7) is 0. The average molecular weight is 1040 g/mol. The summed E-state index contributed by atoms with van der Waals surface area (Å²) in [5.74, 6) is 1.70. The second kappa shape index (κ2) is 20.3. The zero-order valence-corrected chi connectivity index (χ0v) is 44.5. The van der Waals surface area contributed by atoms with E-state index in [1.807, 2.05) is 54.6 Å². The van der Waals surface area contributed by atoms with Gasteiger partial charge in [0.05, 0.1) is 11.6 Å². The normalized spacial score (nSPS) is 11.4. The predicted molar refractivity (Wildman–Crippen MR) is 341 cm³/mol. The van der Waals surface area contributed by atoms with Crippen LogP contribution < -0.4 is 0 Å². The molecule has 4 heteroatoms. The molecule has 0 saturated heterocycles. The smallest absolute Gasteiger partial charge is 0.164 e. The van der Waals surface area contributed by atoms with Crippen molar-refractivity contribution in [2.45, 2.75) is 0 Å². The SMILES string of the molecule is N#Cc1cc(-c2cccc(-c3ccc(-c4ccc5c6ccccc6c6ccccc6c5c4)cc3)c2)ccc1-c1cccc(-c2nc(-c3ccccc3)nc(-c3ccc(-c4cccc(-c5cc6ccccc6c6ccccc56)c4)cc3)n2)c1. The first kappa shape index (κ1) is 48.0. The van der Waals surface area contributed by atoms with Gasteiger partial charge in [0.2, 0.25) is 0 Å². The van der Waals surface area contributed by atoms with Gasteiger partial charge in [0.1, 0.15) is 0 Å². The van der Waals surface area contributed by atoms with Crippen LogP contribution in [0.4, 0.5) is 0 Å². The van der Waals surface area contributed by atoms with Gasteiger partial charge in [-0.2, -0.15) is 5.26 Å². The fourth-order valence-electron chi connectivity index (χ4n) is 12.0. The van der Waals surface area contributed by atoms with Crippen LogP contribution in [0.25, 0.3) is 155 Å². The number of rotatable bonds is 9. The van der Waals surface area contributed by atoms with Gasteiger partial charge in [-0.05, 0) is 157 Å². The van der Waals surface area contributed by atoms with Crippen LogP contribution in [-0.2, 0) is 0 Å².